The summed E-state index contributed by atoms with van der Waals surface area (Å²) >= 11 is 0. The summed E-state index contributed by atoms with van der Waals surface area (Å²) in [5.74, 6) is -0.431. The predicted molar refractivity (Wildman–Crippen MR) is 70.1 cm³/mol. The number of hydrogen-bond donors (Lipinski definition) is 3. The van der Waals surface area contributed by atoms with Crippen LogP contribution >= 0.6 is 0 Å². The van der Waals surface area contributed by atoms with Crippen LogP contribution in [0.2, 0.25) is 0 Å². The molecule has 1 rings (SSSR count). The number of phenolic OH excluding ortho intramolecular Hbond substituents is 1. The average Bonchev–Trinajstić information content (AvgIpc) is 2.29. The molecule has 0 atom stereocenters. The SMILES string of the molecule is CC(C)CNS(=O)(=O)Nc1c(O)cccc1[N+](=O)[O-]. The van der Waals surface area contributed by atoms with Crippen molar-refractivity contribution in [1.82, 2.24) is 4.72 Å². The van der Waals surface area contributed by atoms with Crippen LogP contribution in [0.1, 0.15) is 13.8 Å². The van der Waals surface area contributed by atoms with Gasteiger partial charge in [-0.1, -0.05) is 19.9 Å². The molecule has 0 aliphatic rings. The van der Waals surface area contributed by atoms with Gasteiger partial charge in [0.15, 0.2) is 5.69 Å². The van der Waals surface area contributed by atoms with E-state index >= 15 is 0 Å². The molecule has 19 heavy (non-hydrogen) atoms. The Kier molecular flexibility index (Phi) is 4.67. The van der Waals surface area contributed by atoms with Crippen molar-refractivity contribution < 1.29 is 18.4 Å². The molecule has 0 saturated heterocycles. The van der Waals surface area contributed by atoms with Gasteiger partial charge in [-0.3, -0.25) is 14.8 Å². The summed E-state index contributed by atoms with van der Waals surface area (Å²) in [5.41, 5.74) is -0.973. The van der Waals surface area contributed by atoms with Crippen molar-refractivity contribution in [2.45, 2.75) is 13.8 Å². The summed E-state index contributed by atoms with van der Waals surface area (Å²) in [5, 5.41) is 20.3. The molecule has 0 aromatic heterocycles. The molecular formula is C10H15N3O5S. The van der Waals surface area contributed by atoms with Crippen molar-refractivity contribution in [2.24, 2.45) is 5.92 Å². The summed E-state index contributed by atoms with van der Waals surface area (Å²) in [4.78, 5) is 9.99. The predicted octanol–water partition coefficient (Wildman–Crippen LogP) is 1.20. The van der Waals surface area contributed by atoms with Crippen molar-refractivity contribution in [1.29, 1.82) is 0 Å². The first-order valence-corrected chi connectivity index (χ1v) is 6.95. The van der Waals surface area contributed by atoms with Gasteiger partial charge in [0.05, 0.1) is 4.92 Å². The number of hydrogen-bond acceptors (Lipinski definition) is 5. The van der Waals surface area contributed by atoms with E-state index in [1.54, 1.807) is 0 Å². The molecule has 8 nitrogen and oxygen atoms in total. The van der Waals surface area contributed by atoms with Gasteiger partial charge in [-0.15, -0.1) is 0 Å². The fourth-order valence-corrected chi connectivity index (χ4v) is 2.33. The van der Waals surface area contributed by atoms with Crippen LogP contribution in [0.3, 0.4) is 0 Å². The van der Waals surface area contributed by atoms with Gasteiger partial charge in [-0.05, 0) is 12.0 Å². The largest absolute Gasteiger partial charge is 0.505 e. The van der Waals surface area contributed by atoms with Gasteiger partial charge >= 0.3 is 0 Å². The third kappa shape index (κ3) is 4.38. The first kappa shape index (κ1) is 15.2. The Bertz CT molecular complexity index is 571. The van der Waals surface area contributed by atoms with Gasteiger partial charge < -0.3 is 5.11 Å². The number of nitro benzene ring substituents is 1. The summed E-state index contributed by atoms with van der Waals surface area (Å²) < 4.78 is 27.5. The van der Waals surface area contributed by atoms with Gasteiger partial charge in [0, 0.05) is 12.6 Å². The minimum atomic E-state index is -3.97. The molecule has 9 heteroatoms. The number of aromatic hydroxyl groups is 1. The van der Waals surface area contributed by atoms with E-state index < -0.39 is 32.3 Å². The zero-order chi connectivity index (χ0) is 14.6. The van der Waals surface area contributed by atoms with Gasteiger partial charge in [0.2, 0.25) is 0 Å². The molecule has 3 N–H and O–H groups in total. The molecule has 1 aromatic rings. The minimum absolute atomic E-state index is 0.0796. The van der Waals surface area contributed by atoms with Crippen molar-refractivity contribution >= 4 is 21.6 Å². The van der Waals surface area contributed by atoms with Crippen molar-refractivity contribution in [3.8, 4) is 5.75 Å². The maximum absolute atomic E-state index is 11.7. The van der Waals surface area contributed by atoms with Gasteiger partial charge in [0.1, 0.15) is 5.75 Å². The number of benzene rings is 1. The molecule has 0 saturated carbocycles. The van der Waals surface area contributed by atoms with Crippen LogP contribution in [0.15, 0.2) is 18.2 Å². The number of nitro groups is 1. The van der Waals surface area contributed by atoms with E-state index in [9.17, 15) is 23.6 Å². The molecule has 0 amide bonds. The molecule has 0 heterocycles. The molecule has 0 spiro atoms. The summed E-state index contributed by atoms with van der Waals surface area (Å²) in [6.07, 6.45) is 0. The molecule has 0 unspecified atom stereocenters. The van der Waals surface area contributed by atoms with Crippen molar-refractivity contribution in [3.63, 3.8) is 0 Å². The third-order valence-electron chi connectivity index (χ3n) is 2.14. The minimum Gasteiger partial charge on any atom is -0.505 e. The zero-order valence-corrected chi connectivity index (χ0v) is 11.3. The molecule has 0 bridgehead atoms. The van der Waals surface area contributed by atoms with Crippen LogP contribution in [0.4, 0.5) is 11.4 Å². The number of para-hydroxylation sites is 1. The standard InChI is InChI=1S/C10H15N3O5S/c1-7(2)6-11-19(17,18)12-10-8(13(15)16)4-3-5-9(10)14/h3-5,7,11-12,14H,6H2,1-2H3. The second kappa shape index (κ2) is 5.85. The Labute approximate surface area is 110 Å². The number of rotatable bonds is 6. The number of anilines is 1. The van der Waals surface area contributed by atoms with Gasteiger partial charge in [-0.25, -0.2) is 0 Å². The van der Waals surface area contributed by atoms with Crippen LogP contribution < -0.4 is 9.44 Å². The highest BCUT2D eigenvalue weighted by molar-refractivity contribution is 7.90. The molecular weight excluding hydrogens is 274 g/mol. The highest BCUT2D eigenvalue weighted by Gasteiger charge is 2.22. The zero-order valence-electron chi connectivity index (χ0n) is 10.5. The van der Waals surface area contributed by atoms with Crippen LogP contribution in [0.25, 0.3) is 0 Å². The number of phenols is 1. The molecule has 0 aliphatic heterocycles. The highest BCUT2D eigenvalue weighted by atomic mass is 32.2. The van der Waals surface area contributed by atoms with Crippen LogP contribution in [0.5, 0.6) is 5.75 Å². The average molecular weight is 289 g/mol. The van der Waals surface area contributed by atoms with E-state index in [1.807, 2.05) is 18.6 Å². The summed E-state index contributed by atoms with van der Waals surface area (Å²) in [7, 11) is -3.97. The summed E-state index contributed by atoms with van der Waals surface area (Å²) in [6, 6.07) is 3.51. The van der Waals surface area contributed by atoms with Crippen LogP contribution in [0, 0.1) is 16.0 Å². The second-order valence-corrected chi connectivity index (χ2v) is 5.78. The Hall–Kier alpha value is -1.87. The van der Waals surface area contributed by atoms with E-state index in [0.29, 0.717) is 0 Å². The maximum atomic E-state index is 11.7. The fraction of sp³-hybridized carbons (Fsp3) is 0.400. The Balaban J connectivity index is 3.02. The van der Waals surface area contributed by atoms with Crippen LogP contribution in [-0.4, -0.2) is 25.0 Å². The third-order valence-corrected chi connectivity index (χ3v) is 3.15. The van der Waals surface area contributed by atoms with Crippen LogP contribution in [-0.2, 0) is 10.2 Å². The lowest BCUT2D eigenvalue weighted by Crippen LogP contribution is -2.33. The monoisotopic (exact) mass is 289 g/mol. The fourth-order valence-electron chi connectivity index (χ4n) is 1.23. The van der Waals surface area contributed by atoms with E-state index in [1.165, 1.54) is 6.07 Å². The molecule has 1 aromatic carbocycles. The van der Waals surface area contributed by atoms with Crippen molar-refractivity contribution in [3.05, 3.63) is 28.3 Å². The quantitative estimate of drug-likeness (QED) is 0.412. The highest BCUT2D eigenvalue weighted by Crippen LogP contribution is 2.33. The maximum Gasteiger partial charge on any atom is 0.299 e. The van der Waals surface area contributed by atoms with E-state index in [2.05, 4.69) is 4.72 Å². The van der Waals surface area contributed by atoms with E-state index in [0.717, 1.165) is 12.1 Å². The lowest BCUT2D eigenvalue weighted by Gasteiger charge is -2.11. The topological polar surface area (TPSA) is 122 Å². The normalized spacial score (nSPS) is 11.5. The molecule has 0 aliphatic carbocycles. The molecule has 106 valence electrons. The van der Waals surface area contributed by atoms with E-state index in [4.69, 9.17) is 0 Å². The second-order valence-electron chi connectivity index (χ2n) is 4.28. The molecule has 0 fully saturated rings. The van der Waals surface area contributed by atoms with Gasteiger partial charge in [0.25, 0.3) is 15.9 Å². The lowest BCUT2D eigenvalue weighted by molar-refractivity contribution is -0.383. The van der Waals surface area contributed by atoms with E-state index in [-0.39, 0.29) is 12.5 Å². The first-order chi connectivity index (χ1) is 8.73. The van der Waals surface area contributed by atoms with Crippen molar-refractivity contribution in [2.75, 3.05) is 11.3 Å². The summed E-state index contributed by atoms with van der Waals surface area (Å²) in [6.45, 7) is 3.80. The molecule has 0 radical (unpaired) electrons. The van der Waals surface area contributed by atoms with Gasteiger partial charge in [-0.2, -0.15) is 13.1 Å². The Morgan fingerprint density at radius 2 is 2.05 bits per heavy atom. The lowest BCUT2D eigenvalue weighted by atomic mass is 10.2. The first-order valence-electron chi connectivity index (χ1n) is 5.46. The number of nitrogens with zero attached hydrogens (tertiary/aromatic N) is 1. The number of nitrogens with one attached hydrogen (secondary N) is 2. The Morgan fingerprint density at radius 3 is 2.58 bits per heavy atom. The smallest absolute Gasteiger partial charge is 0.299 e. The Morgan fingerprint density at radius 1 is 1.42 bits per heavy atom.